The molecular weight excluding hydrogens is 256 g/mol. The number of aromatic nitrogens is 2. The van der Waals surface area contributed by atoms with E-state index in [1.807, 2.05) is 17.8 Å². The summed E-state index contributed by atoms with van der Waals surface area (Å²) in [4.78, 5) is 10.3. The van der Waals surface area contributed by atoms with E-state index in [2.05, 4.69) is 31.2 Å². The number of anilines is 1. The van der Waals surface area contributed by atoms with Crippen molar-refractivity contribution in [3.63, 3.8) is 0 Å². The third kappa shape index (κ3) is 2.64. The first-order valence-corrected chi connectivity index (χ1v) is 6.36. The molecular formula is C14H18N4O2. The summed E-state index contributed by atoms with van der Waals surface area (Å²) >= 11 is 0. The predicted molar refractivity (Wildman–Crippen MR) is 78.9 cm³/mol. The number of nitro groups is 1. The maximum absolute atomic E-state index is 10.7. The molecule has 0 aliphatic carbocycles. The lowest BCUT2D eigenvalue weighted by Crippen LogP contribution is -2.24. The quantitative estimate of drug-likeness (QED) is 0.688. The van der Waals surface area contributed by atoms with Gasteiger partial charge in [0.05, 0.1) is 16.2 Å². The van der Waals surface area contributed by atoms with Gasteiger partial charge < -0.3 is 5.32 Å². The molecule has 6 nitrogen and oxygen atoms in total. The number of hydrogen-bond acceptors (Lipinski definition) is 4. The van der Waals surface area contributed by atoms with Gasteiger partial charge in [0.15, 0.2) is 0 Å². The molecule has 0 atom stereocenters. The van der Waals surface area contributed by atoms with Crippen molar-refractivity contribution in [3.05, 3.63) is 40.4 Å². The van der Waals surface area contributed by atoms with Crippen LogP contribution < -0.4 is 5.32 Å². The Balaban J connectivity index is 2.43. The van der Waals surface area contributed by atoms with Crippen molar-refractivity contribution < 1.29 is 4.92 Å². The lowest BCUT2D eigenvalue weighted by Gasteiger charge is -2.21. The molecule has 20 heavy (non-hydrogen) atoms. The standard InChI is InChI=1S/C14H18N4O2/c1-14(2,3)17-13(15-4)9-12(16-17)10-5-7-11(8-6-10)18(19)20/h5-9,15H,1-4H3. The number of nitro benzene ring substituents is 1. The highest BCUT2D eigenvalue weighted by molar-refractivity contribution is 5.64. The summed E-state index contributed by atoms with van der Waals surface area (Å²) in [6.45, 7) is 6.21. The van der Waals surface area contributed by atoms with Gasteiger partial charge in [-0.1, -0.05) is 0 Å². The zero-order chi connectivity index (χ0) is 14.9. The predicted octanol–water partition coefficient (Wildman–Crippen LogP) is 3.26. The summed E-state index contributed by atoms with van der Waals surface area (Å²) < 4.78 is 1.91. The van der Waals surface area contributed by atoms with Gasteiger partial charge in [0.1, 0.15) is 5.82 Å². The molecule has 1 N–H and O–H groups in total. The Labute approximate surface area is 117 Å². The monoisotopic (exact) mass is 274 g/mol. The number of nitrogens with zero attached hydrogens (tertiary/aromatic N) is 3. The van der Waals surface area contributed by atoms with Crippen molar-refractivity contribution in [2.45, 2.75) is 26.3 Å². The molecule has 0 unspecified atom stereocenters. The maximum Gasteiger partial charge on any atom is 0.269 e. The topological polar surface area (TPSA) is 73.0 Å². The summed E-state index contributed by atoms with van der Waals surface area (Å²) in [6.07, 6.45) is 0. The molecule has 0 aliphatic rings. The number of benzene rings is 1. The molecule has 0 fully saturated rings. The highest BCUT2D eigenvalue weighted by Crippen LogP contribution is 2.27. The van der Waals surface area contributed by atoms with Gasteiger partial charge in [-0.3, -0.25) is 10.1 Å². The Morgan fingerprint density at radius 1 is 1.25 bits per heavy atom. The van der Waals surface area contributed by atoms with Crippen LogP contribution in [-0.4, -0.2) is 21.8 Å². The molecule has 0 saturated carbocycles. The molecule has 0 saturated heterocycles. The average molecular weight is 274 g/mol. The van der Waals surface area contributed by atoms with Crippen LogP contribution in [0.15, 0.2) is 30.3 Å². The first-order valence-electron chi connectivity index (χ1n) is 6.36. The molecule has 1 heterocycles. The van der Waals surface area contributed by atoms with E-state index in [-0.39, 0.29) is 11.2 Å². The Kier molecular flexibility index (Phi) is 3.48. The summed E-state index contributed by atoms with van der Waals surface area (Å²) in [6, 6.07) is 8.35. The first-order chi connectivity index (χ1) is 9.32. The van der Waals surface area contributed by atoms with Gasteiger partial charge in [0.25, 0.3) is 5.69 Å². The molecule has 0 aliphatic heterocycles. The number of nitrogens with one attached hydrogen (secondary N) is 1. The van der Waals surface area contributed by atoms with Crippen LogP contribution in [-0.2, 0) is 5.54 Å². The minimum absolute atomic E-state index is 0.0813. The molecule has 2 rings (SSSR count). The summed E-state index contributed by atoms with van der Waals surface area (Å²) in [5.74, 6) is 0.908. The van der Waals surface area contributed by atoms with Gasteiger partial charge in [-0.05, 0) is 32.9 Å². The third-order valence-electron chi connectivity index (χ3n) is 2.97. The van der Waals surface area contributed by atoms with Crippen molar-refractivity contribution >= 4 is 11.5 Å². The molecule has 6 heteroatoms. The van der Waals surface area contributed by atoms with Crippen LogP contribution in [0.3, 0.4) is 0 Å². The van der Waals surface area contributed by atoms with Crippen LogP contribution in [0.4, 0.5) is 11.5 Å². The van der Waals surface area contributed by atoms with Crippen LogP contribution in [0.1, 0.15) is 20.8 Å². The SMILES string of the molecule is CNc1cc(-c2ccc([N+](=O)[O-])cc2)nn1C(C)(C)C. The van der Waals surface area contributed by atoms with Gasteiger partial charge in [0.2, 0.25) is 0 Å². The van der Waals surface area contributed by atoms with E-state index in [1.165, 1.54) is 12.1 Å². The Morgan fingerprint density at radius 3 is 2.25 bits per heavy atom. The van der Waals surface area contributed by atoms with Gasteiger partial charge >= 0.3 is 0 Å². The van der Waals surface area contributed by atoms with Crippen LogP contribution in [0.25, 0.3) is 11.3 Å². The van der Waals surface area contributed by atoms with Crippen LogP contribution in [0.5, 0.6) is 0 Å². The molecule has 0 spiro atoms. The Morgan fingerprint density at radius 2 is 1.85 bits per heavy atom. The number of non-ortho nitro benzene ring substituents is 1. The fourth-order valence-corrected chi connectivity index (χ4v) is 1.97. The molecule has 106 valence electrons. The van der Waals surface area contributed by atoms with E-state index in [4.69, 9.17) is 0 Å². The smallest absolute Gasteiger partial charge is 0.269 e. The van der Waals surface area contributed by atoms with E-state index in [1.54, 1.807) is 12.1 Å². The van der Waals surface area contributed by atoms with Crippen LogP contribution in [0, 0.1) is 10.1 Å². The second-order valence-corrected chi connectivity index (χ2v) is 5.55. The highest BCUT2D eigenvalue weighted by Gasteiger charge is 2.19. The van der Waals surface area contributed by atoms with Crippen LogP contribution in [0.2, 0.25) is 0 Å². The lowest BCUT2D eigenvalue weighted by molar-refractivity contribution is -0.384. The maximum atomic E-state index is 10.7. The van der Waals surface area contributed by atoms with Crippen molar-refractivity contribution in [3.8, 4) is 11.3 Å². The normalized spacial score (nSPS) is 11.4. The fourth-order valence-electron chi connectivity index (χ4n) is 1.97. The van der Waals surface area contributed by atoms with E-state index in [0.717, 1.165) is 17.1 Å². The lowest BCUT2D eigenvalue weighted by atomic mass is 10.1. The van der Waals surface area contributed by atoms with Crippen molar-refractivity contribution in [1.29, 1.82) is 0 Å². The average Bonchev–Trinajstić information content (AvgIpc) is 2.83. The molecule has 0 bridgehead atoms. The van der Waals surface area contributed by atoms with E-state index < -0.39 is 4.92 Å². The zero-order valence-electron chi connectivity index (χ0n) is 12.0. The Hall–Kier alpha value is -2.37. The van der Waals surface area contributed by atoms with Gasteiger partial charge in [0, 0.05) is 30.8 Å². The van der Waals surface area contributed by atoms with Crippen molar-refractivity contribution in [1.82, 2.24) is 9.78 Å². The summed E-state index contributed by atoms with van der Waals surface area (Å²) in [5.41, 5.74) is 1.59. The second-order valence-electron chi connectivity index (χ2n) is 5.55. The molecule has 1 aromatic carbocycles. The molecule has 0 radical (unpaired) electrons. The third-order valence-corrected chi connectivity index (χ3v) is 2.97. The van der Waals surface area contributed by atoms with E-state index >= 15 is 0 Å². The fraction of sp³-hybridized carbons (Fsp3) is 0.357. The molecule has 1 aromatic heterocycles. The largest absolute Gasteiger partial charge is 0.373 e. The minimum atomic E-state index is -0.406. The van der Waals surface area contributed by atoms with Gasteiger partial charge in [-0.15, -0.1) is 0 Å². The van der Waals surface area contributed by atoms with Crippen molar-refractivity contribution in [2.75, 3.05) is 12.4 Å². The summed E-state index contributed by atoms with van der Waals surface area (Å²) in [7, 11) is 1.85. The van der Waals surface area contributed by atoms with E-state index in [0.29, 0.717) is 0 Å². The van der Waals surface area contributed by atoms with Crippen LogP contribution >= 0.6 is 0 Å². The second kappa shape index (κ2) is 4.96. The summed E-state index contributed by atoms with van der Waals surface area (Å²) in [5, 5.41) is 18.4. The van der Waals surface area contributed by atoms with Crippen molar-refractivity contribution in [2.24, 2.45) is 0 Å². The van der Waals surface area contributed by atoms with E-state index in [9.17, 15) is 10.1 Å². The zero-order valence-corrected chi connectivity index (χ0v) is 12.0. The Bertz CT molecular complexity index is 624. The highest BCUT2D eigenvalue weighted by atomic mass is 16.6. The number of rotatable bonds is 3. The molecule has 0 amide bonds. The first kappa shape index (κ1) is 14.0. The minimum Gasteiger partial charge on any atom is -0.373 e. The molecule has 2 aromatic rings. The number of hydrogen-bond donors (Lipinski definition) is 1. The van der Waals surface area contributed by atoms with Gasteiger partial charge in [-0.25, -0.2) is 4.68 Å². The van der Waals surface area contributed by atoms with Gasteiger partial charge in [-0.2, -0.15) is 5.10 Å².